The molecule has 0 bridgehead atoms. The fourth-order valence-corrected chi connectivity index (χ4v) is 1.91. The lowest BCUT2D eigenvalue weighted by molar-refractivity contribution is -0.151. The molecule has 3 nitrogen and oxygen atoms in total. The first-order chi connectivity index (χ1) is 6.60. The van der Waals surface area contributed by atoms with Crippen LogP contribution in [0.4, 0.5) is 0 Å². The zero-order chi connectivity index (χ0) is 10.6. The smallest absolute Gasteiger partial charge is 0.0983 e. The highest BCUT2D eigenvalue weighted by Crippen LogP contribution is 2.30. The third-order valence-electron chi connectivity index (χ3n) is 2.89. The first-order valence-electron chi connectivity index (χ1n) is 5.06. The second kappa shape index (κ2) is 4.91. The van der Waals surface area contributed by atoms with Crippen molar-refractivity contribution in [2.24, 2.45) is 0 Å². The van der Waals surface area contributed by atoms with Crippen molar-refractivity contribution in [3.8, 4) is 0 Å². The second-order valence-electron chi connectivity index (χ2n) is 4.06. The molecule has 0 aromatic heterocycles. The Kier molecular flexibility index (Phi) is 4.11. The van der Waals surface area contributed by atoms with Crippen molar-refractivity contribution in [3.05, 3.63) is 12.2 Å². The summed E-state index contributed by atoms with van der Waals surface area (Å²) < 4.78 is 10.7. The lowest BCUT2D eigenvalue weighted by Gasteiger charge is -2.39. The fraction of sp³-hybridized carbons (Fsp3) is 0.818. The lowest BCUT2D eigenvalue weighted by atomic mass is 9.85. The van der Waals surface area contributed by atoms with Crippen LogP contribution < -0.4 is 0 Å². The molecule has 1 saturated heterocycles. The molecule has 1 heterocycles. The van der Waals surface area contributed by atoms with Crippen LogP contribution in [0.1, 0.15) is 26.2 Å². The van der Waals surface area contributed by atoms with Crippen LogP contribution in [-0.2, 0) is 9.47 Å². The number of rotatable bonds is 4. The molecule has 0 saturated carbocycles. The summed E-state index contributed by atoms with van der Waals surface area (Å²) >= 11 is 0. The lowest BCUT2D eigenvalue weighted by Crippen LogP contribution is -2.48. The summed E-state index contributed by atoms with van der Waals surface area (Å²) in [5.74, 6) is 0. The van der Waals surface area contributed by atoms with Gasteiger partial charge in [-0.3, -0.25) is 0 Å². The minimum atomic E-state index is -0.464. The molecule has 1 fully saturated rings. The second-order valence-corrected chi connectivity index (χ2v) is 4.06. The third kappa shape index (κ3) is 2.56. The molecule has 1 atom stereocenters. The van der Waals surface area contributed by atoms with E-state index in [1.165, 1.54) is 0 Å². The molecular weight excluding hydrogens is 180 g/mol. The first-order valence-corrected chi connectivity index (χ1v) is 5.06. The maximum absolute atomic E-state index is 10.1. The van der Waals surface area contributed by atoms with Crippen molar-refractivity contribution in [3.63, 3.8) is 0 Å². The maximum atomic E-state index is 10.1. The molecule has 1 unspecified atom stereocenters. The van der Waals surface area contributed by atoms with Crippen molar-refractivity contribution in [2.75, 3.05) is 20.3 Å². The van der Waals surface area contributed by atoms with E-state index in [1.54, 1.807) is 7.11 Å². The van der Waals surface area contributed by atoms with E-state index < -0.39 is 11.7 Å². The monoisotopic (exact) mass is 200 g/mol. The van der Waals surface area contributed by atoms with Gasteiger partial charge in [0.15, 0.2) is 0 Å². The van der Waals surface area contributed by atoms with Gasteiger partial charge in [-0.05, 0) is 13.3 Å². The summed E-state index contributed by atoms with van der Waals surface area (Å²) in [6.45, 7) is 7.07. The highest BCUT2D eigenvalue weighted by atomic mass is 16.5. The van der Waals surface area contributed by atoms with E-state index in [1.807, 2.05) is 6.92 Å². The van der Waals surface area contributed by atoms with Crippen LogP contribution in [-0.4, -0.2) is 37.1 Å². The highest BCUT2D eigenvalue weighted by molar-refractivity contribution is 4.99. The molecular formula is C11H20O3. The van der Waals surface area contributed by atoms with Gasteiger partial charge in [-0.1, -0.05) is 5.57 Å². The van der Waals surface area contributed by atoms with Crippen LogP contribution in [0, 0.1) is 0 Å². The van der Waals surface area contributed by atoms with E-state index in [4.69, 9.17) is 9.47 Å². The van der Waals surface area contributed by atoms with Gasteiger partial charge in [-0.15, -0.1) is 6.58 Å². The first kappa shape index (κ1) is 11.7. The minimum absolute atomic E-state index is 0.419. The Morgan fingerprint density at radius 2 is 2.14 bits per heavy atom. The number of aliphatic hydroxyl groups excluding tert-OH is 1. The summed E-state index contributed by atoms with van der Waals surface area (Å²) in [7, 11) is 1.66. The number of hydrogen-bond donors (Lipinski definition) is 1. The SMILES string of the molecule is C=C(C)CC(O)C1(OC)CCOCC1. The van der Waals surface area contributed by atoms with Crippen molar-refractivity contribution in [1.82, 2.24) is 0 Å². The van der Waals surface area contributed by atoms with Gasteiger partial charge in [0, 0.05) is 33.2 Å². The fourth-order valence-electron chi connectivity index (χ4n) is 1.91. The van der Waals surface area contributed by atoms with Crippen LogP contribution in [0.15, 0.2) is 12.2 Å². The summed E-state index contributed by atoms with van der Waals surface area (Å²) in [6.07, 6.45) is 1.66. The molecule has 0 amide bonds. The Labute approximate surface area is 85.7 Å². The van der Waals surface area contributed by atoms with Gasteiger partial charge in [-0.2, -0.15) is 0 Å². The Morgan fingerprint density at radius 1 is 1.57 bits per heavy atom. The van der Waals surface area contributed by atoms with E-state index in [9.17, 15) is 5.11 Å². The Hall–Kier alpha value is -0.380. The van der Waals surface area contributed by atoms with Crippen LogP contribution in [0.3, 0.4) is 0 Å². The average molecular weight is 200 g/mol. The largest absolute Gasteiger partial charge is 0.390 e. The topological polar surface area (TPSA) is 38.7 Å². The maximum Gasteiger partial charge on any atom is 0.0983 e. The van der Waals surface area contributed by atoms with Crippen molar-refractivity contribution in [1.29, 1.82) is 0 Å². The van der Waals surface area contributed by atoms with Crippen LogP contribution >= 0.6 is 0 Å². The molecule has 1 aliphatic rings. The van der Waals surface area contributed by atoms with E-state index in [0.717, 1.165) is 18.4 Å². The number of hydrogen-bond acceptors (Lipinski definition) is 3. The Morgan fingerprint density at radius 3 is 2.57 bits per heavy atom. The molecule has 0 aromatic rings. The number of methoxy groups -OCH3 is 1. The summed E-state index contributed by atoms with van der Waals surface area (Å²) in [5, 5.41) is 10.1. The average Bonchev–Trinajstić information content (AvgIpc) is 2.18. The molecule has 14 heavy (non-hydrogen) atoms. The van der Waals surface area contributed by atoms with Gasteiger partial charge >= 0.3 is 0 Å². The normalized spacial score (nSPS) is 23.1. The zero-order valence-corrected chi connectivity index (χ0v) is 9.08. The van der Waals surface area contributed by atoms with Crippen molar-refractivity contribution < 1.29 is 14.6 Å². The van der Waals surface area contributed by atoms with Gasteiger partial charge in [0.05, 0.1) is 11.7 Å². The standard InChI is InChI=1S/C11H20O3/c1-9(2)8-10(12)11(13-3)4-6-14-7-5-11/h10,12H,1,4-8H2,2-3H3. The van der Waals surface area contributed by atoms with E-state index in [0.29, 0.717) is 19.6 Å². The molecule has 0 spiro atoms. The van der Waals surface area contributed by atoms with Gasteiger partial charge in [0.25, 0.3) is 0 Å². The molecule has 1 N–H and O–H groups in total. The molecule has 3 heteroatoms. The molecule has 0 aliphatic carbocycles. The minimum Gasteiger partial charge on any atom is -0.390 e. The van der Waals surface area contributed by atoms with E-state index in [-0.39, 0.29) is 0 Å². The predicted octanol–water partition coefficient (Wildman–Crippen LogP) is 1.51. The number of aliphatic hydroxyl groups is 1. The molecule has 1 aliphatic heterocycles. The summed E-state index contributed by atoms with van der Waals surface area (Å²) in [5.41, 5.74) is 0.567. The van der Waals surface area contributed by atoms with Gasteiger partial charge in [-0.25, -0.2) is 0 Å². The van der Waals surface area contributed by atoms with E-state index in [2.05, 4.69) is 6.58 Å². The highest BCUT2D eigenvalue weighted by Gasteiger charge is 2.39. The van der Waals surface area contributed by atoms with Crippen LogP contribution in [0.2, 0.25) is 0 Å². The zero-order valence-electron chi connectivity index (χ0n) is 9.08. The predicted molar refractivity (Wildman–Crippen MR) is 55.2 cm³/mol. The quantitative estimate of drug-likeness (QED) is 0.699. The summed E-state index contributed by atoms with van der Waals surface area (Å²) in [4.78, 5) is 0. The van der Waals surface area contributed by atoms with Crippen molar-refractivity contribution in [2.45, 2.75) is 37.9 Å². The molecule has 1 rings (SSSR count). The third-order valence-corrected chi connectivity index (χ3v) is 2.89. The van der Waals surface area contributed by atoms with Crippen molar-refractivity contribution >= 4 is 0 Å². The van der Waals surface area contributed by atoms with Crippen LogP contribution in [0.25, 0.3) is 0 Å². The molecule has 82 valence electrons. The van der Waals surface area contributed by atoms with Gasteiger partial charge < -0.3 is 14.6 Å². The number of ether oxygens (including phenoxy) is 2. The van der Waals surface area contributed by atoms with E-state index >= 15 is 0 Å². The molecule has 0 radical (unpaired) electrons. The van der Waals surface area contributed by atoms with Gasteiger partial charge in [0.1, 0.15) is 0 Å². The van der Waals surface area contributed by atoms with Gasteiger partial charge in [0.2, 0.25) is 0 Å². The molecule has 0 aromatic carbocycles. The summed E-state index contributed by atoms with van der Waals surface area (Å²) in [6, 6.07) is 0. The van der Waals surface area contributed by atoms with Crippen LogP contribution in [0.5, 0.6) is 0 Å². The Balaban J connectivity index is 2.61. The Bertz CT molecular complexity index is 195.